The van der Waals surface area contributed by atoms with Crippen molar-refractivity contribution in [1.82, 2.24) is 4.57 Å². The third kappa shape index (κ3) is 2.98. The average molecular weight is 350 g/mol. The first-order valence-electron chi connectivity index (χ1n) is 9.49. The summed E-state index contributed by atoms with van der Waals surface area (Å²) in [5.74, 6) is 0. The smallest absolute Gasteiger partial charge is 0.418 e. The Morgan fingerprint density at radius 1 is 1.15 bits per heavy atom. The highest BCUT2D eigenvalue weighted by Gasteiger charge is 2.37. The Morgan fingerprint density at radius 3 is 2.65 bits per heavy atom. The van der Waals surface area contributed by atoms with Gasteiger partial charge in [-0.1, -0.05) is 25.3 Å². The number of aliphatic imine (C=N–C) groups is 1. The van der Waals surface area contributed by atoms with Gasteiger partial charge in [-0.15, -0.1) is 0 Å². The highest BCUT2D eigenvalue weighted by Crippen LogP contribution is 2.47. The molecule has 2 heterocycles. The lowest BCUT2D eigenvalue weighted by Gasteiger charge is -2.32. The van der Waals surface area contributed by atoms with Crippen molar-refractivity contribution in [3.63, 3.8) is 0 Å². The molecule has 2 aromatic rings. The minimum absolute atomic E-state index is 0.0902. The van der Waals surface area contributed by atoms with Crippen molar-refractivity contribution in [3.8, 4) is 11.3 Å². The quantitative estimate of drug-likeness (QED) is 0.647. The van der Waals surface area contributed by atoms with Crippen LogP contribution in [-0.2, 0) is 10.2 Å². The number of nitrogens with zero attached hydrogens (tertiary/aromatic N) is 2. The molecule has 1 aromatic heterocycles. The van der Waals surface area contributed by atoms with Gasteiger partial charge >= 0.3 is 6.09 Å². The summed E-state index contributed by atoms with van der Waals surface area (Å²) in [5.41, 5.74) is 3.86. The average Bonchev–Trinajstić information content (AvgIpc) is 3.20. The Labute approximate surface area is 154 Å². The molecule has 2 aliphatic rings. The number of carbonyl (C=O) groups excluding carboxylic acids is 1. The van der Waals surface area contributed by atoms with Crippen LogP contribution in [0.3, 0.4) is 0 Å². The van der Waals surface area contributed by atoms with Crippen molar-refractivity contribution in [1.29, 1.82) is 0 Å². The molecular formula is C22H26N2O2. The maximum Gasteiger partial charge on any atom is 0.418 e. The van der Waals surface area contributed by atoms with E-state index in [1.807, 2.05) is 39.0 Å². The summed E-state index contributed by atoms with van der Waals surface area (Å²) in [5, 5.41) is 0. The molecular weight excluding hydrogens is 324 g/mol. The molecule has 1 aliphatic carbocycles. The molecule has 4 heteroatoms. The Hall–Kier alpha value is -2.36. The van der Waals surface area contributed by atoms with Crippen molar-refractivity contribution < 1.29 is 9.53 Å². The van der Waals surface area contributed by atoms with Crippen LogP contribution in [0.1, 0.15) is 58.4 Å². The number of benzene rings is 1. The zero-order chi connectivity index (χ0) is 18.4. The molecule has 0 unspecified atom stereocenters. The molecule has 0 saturated heterocycles. The van der Waals surface area contributed by atoms with Gasteiger partial charge in [-0.05, 0) is 69.0 Å². The fourth-order valence-electron chi connectivity index (χ4n) is 4.14. The van der Waals surface area contributed by atoms with Crippen LogP contribution in [0.2, 0.25) is 0 Å². The molecule has 1 spiro atoms. The second-order valence-electron chi connectivity index (χ2n) is 8.45. The van der Waals surface area contributed by atoms with E-state index in [0.717, 1.165) is 16.9 Å². The molecule has 1 saturated carbocycles. The normalized spacial score (nSPS) is 18.1. The first-order chi connectivity index (χ1) is 12.4. The van der Waals surface area contributed by atoms with Crippen LogP contribution in [0.25, 0.3) is 11.3 Å². The van der Waals surface area contributed by atoms with E-state index in [9.17, 15) is 4.79 Å². The van der Waals surface area contributed by atoms with E-state index in [4.69, 9.17) is 4.74 Å². The van der Waals surface area contributed by atoms with Crippen LogP contribution in [0.5, 0.6) is 0 Å². The third-order valence-corrected chi connectivity index (χ3v) is 5.36. The standard InChI is InChI=1S/C22H26N2O2/c1-21(2,3)26-20(25)24-13-7-8-19(24)16-9-10-18-17(14-16)22(15-23-18)11-5-4-6-12-22/h7-10,13-15H,4-6,11-12H2,1-3H3. The SMILES string of the molecule is CC(C)(C)OC(=O)n1cccc1-c1ccc2c(c1)C1(C=N2)CCCCC1. The predicted octanol–water partition coefficient (Wildman–Crippen LogP) is 5.86. The summed E-state index contributed by atoms with van der Waals surface area (Å²) in [7, 11) is 0. The van der Waals surface area contributed by atoms with Crippen molar-refractivity contribution in [2.24, 2.45) is 4.99 Å². The molecule has 26 heavy (non-hydrogen) atoms. The number of ether oxygens (including phenoxy) is 1. The van der Waals surface area contributed by atoms with E-state index in [1.165, 1.54) is 37.7 Å². The molecule has 0 bridgehead atoms. The second-order valence-corrected chi connectivity index (χ2v) is 8.45. The summed E-state index contributed by atoms with van der Waals surface area (Å²) in [6.07, 6.45) is 9.73. The first-order valence-corrected chi connectivity index (χ1v) is 9.49. The Morgan fingerprint density at radius 2 is 1.92 bits per heavy atom. The lowest BCUT2D eigenvalue weighted by molar-refractivity contribution is 0.0540. The van der Waals surface area contributed by atoms with Crippen molar-refractivity contribution in [3.05, 3.63) is 42.1 Å². The van der Waals surface area contributed by atoms with Crippen molar-refractivity contribution >= 4 is 18.0 Å². The van der Waals surface area contributed by atoms with Crippen LogP contribution >= 0.6 is 0 Å². The molecule has 0 N–H and O–H groups in total. The summed E-state index contributed by atoms with van der Waals surface area (Å²) < 4.78 is 7.14. The zero-order valence-corrected chi connectivity index (χ0v) is 15.8. The van der Waals surface area contributed by atoms with Gasteiger partial charge in [0.05, 0.1) is 11.4 Å². The molecule has 1 aliphatic heterocycles. The van der Waals surface area contributed by atoms with Crippen LogP contribution < -0.4 is 0 Å². The van der Waals surface area contributed by atoms with Crippen LogP contribution in [0, 0.1) is 0 Å². The summed E-state index contributed by atoms with van der Waals surface area (Å²) >= 11 is 0. The maximum absolute atomic E-state index is 12.6. The minimum Gasteiger partial charge on any atom is -0.443 e. The lowest BCUT2D eigenvalue weighted by atomic mass is 9.71. The van der Waals surface area contributed by atoms with Gasteiger partial charge < -0.3 is 4.74 Å². The van der Waals surface area contributed by atoms with Gasteiger partial charge in [-0.2, -0.15) is 0 Å². The number of aromatic nitrogens is 1. The highest BCUT2D eigenvalue weighted by atomic mass is 16.6. The van der Waals surface area contributed by atoms with Crippen LogP contribution in [0.15, 0.2) is 41.5 Å². The lowest BCUT2D eigenvalue weighted by Crippen LogP contribution is -2.28. The van der Waals surface area contributed by atoms with E-state index in [-0.39, 0.29) is 11.5 Å². The molecule has 1 aromatic carbocycles. The van der Waals surface area contributed by atoms with Crippen LogP contribution in [-0.4, -0.2) is 22.5 Å². The Bertz CT molecular complexity index is 865. The molecule has 4 rings (SSSR count). The number of rotatable bonds is 1. The monoisotopic (exact) mass is 350 g/mol. The number of hydrogen-bond acceptors (Lipinski definition) is 3. The van der Waals surface area contributed by atoms with Gasteiger partial charge in [0.2, 0.25) is 0 Å². The zero-order valence-electron chi connectivity index (χ0n) is 15.8. The molecule has 0 amide bonds. The second kappa shape index (κ2) is 6.11. The summed E-state index contributed by atoms with van der Waals surface area (Å²) in [4.78, 5) is 17.2. The van der Waals surface area contributed by atoms with E-state index < -0.39 is 5.60 Å². The summed E-state index contributed by atoms with van der Waals surface area (Å²) in [6, 6.07) is 10.2. The topological polar surface area (TPSA) is 43.6 Å². The molecule has 0 atom stereocenters. The molecule has 0 radical (unpaired) electrons. The largest absolute Gasteiger partial charge is 0.443 e. The van der Waals surface area contributed by atoms with Gasteiger partial charge in [0, 0.05) is 17.8 Å². The Balaban J connectivity index is 1.70. The van der Waals surface area contributed by atoms with Gasteiger partial charge in [-0.25, -0.2) is 4.79 Å². The Kier molecular flexibility index (Phi) is 4.02. The minimum atomic E-state index is -0.517. The van der Waals surface area contributed by atoms with Gasteiger partial charge in [0.15, 0.2) is 0 Å². The van der Waals surface area contributed by atoms with Crippen molar-refractivity contribution in [2.75, 3.05) is 0 Å². The van der Waals surface area contributed by atoms with E-state index in [2.05, 4.69) is 23.3 Å². The molecule has 136 valence electrons. The van der Waals surface area contributed by atoms with Gasteiger partial charge in [0.25, 0.3) is 0 Å². The number of hydrogen-bond donors (Lipinski definition) is 0. The van der Waals surface area contributed by atoms with E-state index in [0.29, 0.717) is 0 Å². The van der Waals surface area contributed by atoms with E-state index in [1.54, 1.807) is 10.8 Å². The van der Waals surface area contributed by atoms with Crippen molar-refractivity contribution in [2.45, 2.75) is 63.9 Å². The fraction of sp³-hybridized carbons (Fsp3) is 0.455. The molecule has 1 fully saturated rings. The van der Waals surface area contributed by atoms with Crippen LogP contribution in [0.4, 0.5) is 10.5 Å². The first kappa shape index (κ1) is 17.1. The molecule has 4 nitrogen and oxygen atoms in total. The van der Waals surface area contributed by atoms with Gasteiger partial charge in [0.1, 0.15) is 5.60 Å². The summed E-state index contributed by atoms with van der Waals surface area (Å²) in [6.45, 7) is 5.65. The van der Waals surface area contributed by atoms with Gasteiger partial charge in [-0.3, -0.25) is 9.56 Å². The third-order valence-electron chi connectivity index (χ3n) is 5.36. The highest BCUT2D eigenvalue weighted by molar-refractivity contribution is 5.87. The number of fused-ring (bicyclic) bond motifs is 2. The number of carbonyl (C=O) groups is 1. The predicted molar refractivity (Wildman–Crippen MR) is 104 cm³/mol. The maximum atomic E-state index is 12.6. The van der Waals surface area contributed by atoms with E-state index >= 15 is 0 Å². The fourth-order valence-corrected chi connectivity index (χ4v) is 4.14.